The number of nitrogens with one attached hydrogen (secondary N) is 3. The van der Waals surface area contributed by atoms with Crippen LogP contribution in [0.4, 0.5) is 0 Å². The van der Waals surface area contributed by atoms with Gasteiger partial charge in [0.15, 0.2) is 5.96 Å². The Balaban J connectivity index is 2.43. The molecule has 0 radical (unpaired) electrons. The van der Waals surface area contributed by atoms with Gasteiger partial charge in [0.25, 0.3) is 0 Å². The van der Waals surface area contributed by atoms with Crippen molar-refractivity contribution in [1.82, 2.24) is 15.4 Å². The lowest BCUT2D eigenvalue weighted by molar-refractivity contribution is 0.0258. The Morgan fingerprint density at radius 2 is 1.82 bits per heavy atom. The number of sulfonamides is 1. The van der Waals surface area contributed by atoms with Gasteiger partial charge in [-0.1, -0.05) is 26.0 Å². The molecule has 0 fully saturated rings. The van der Waals surface area contributed by atoms with E-state index in [9.17, 15) is 8.42 Å². The highest BCUT2D eigenvalue weighted by atomic mass is 32.2. The second kappa shape index (κ2) is 12.0. The summed E-state index contributed by atoms with van der Waals surface area (Å²) in [5.41, 5.74) is 1.65. The zero-order chi connectivity index (χ0) is 21.2. The van der Waals surface area contributed by atoms with Crippen LogP contribution in [0.5, 0.6) is 0 Å². The number of guanidine groups is 1. The van der Waals surface area contributed by atoms with Crippen LogP contribution >= 0.6 is 0 Å². The molecule has 28 heavy (non-hydrogen) atoms. The van der Waals surface area contributed by atoms with E-state index in [4.69, 9.17) is 4.74 Å². The molecular weight excluding hydrogens is 376 g/mol. The van der Waals surface area contributed by atoms with Crippen molar-refractivity contribution < 1.29 is 13.2 Å². The Morgan fingerprint density at radius 1 is 1.14 bits per heavy atom. The number of hydrogen-bond donors (Lipinski definition) is 3. The van der Waals surface area contributed by atoms with Gasteiger partial charge in [0.05, 0.1) is 11.0 Å². The fourth-order valence-electron chi connectivity index (χ4n) is 2.82. The Bertz CT molecular complexity index is 733. The first-order valence-corrected chi connectivity index (χ1v) is 11.3. The Labute approximate surface area is 170 Å². The van der Waals surface area contributed by atoms with Gasteiger partial charge in [-0.05, 0) is 50.3 Å². The Morgan fingerprint density at radius 3 is 2.43 bits per heavy atom. The molecule has 0 amide bonds. The monoisotopic (exact) mass is 412 g/mol. The summed E-state index contributed by atoms with van der Waals surface area (Å²) in [6.45, 7) is 12.1. The smallest absolute Gasteiger partial charge is 0.240 e. The molecule has 0 aromatic heterocycles. The van der Waals surface area contributed by atoms with Crippen molar-refractivity contribution in [3.05, 3.63) is 29.3 Å². The van der Waals surface area contributed by atoms with Gasteiger partial charge in [-0.3, -0.25) is 4.99 Å². The molecule has 0 spiro atoms. The van der Waals surface area contributed by atoms with Crippen molar-refractivity contribution >= 4 is 16.0 Å². The second-order valence-electron chi connectivity index (χ2n) is 7.12. The predicted octanol–water partition coefficient (Wildman–Crippen LogP) is 2.20. The molecule has 1 atom stereocenters. The predicted molar refractivity (Wildman–Crippen MR) is 115 cm³/mol. The van der Waals surface area contributed by atoms with Crippen molar-refractivity contribution in [3.8, 4) is 0 Å². The minimum absolute atomic E-state index is 0.208. The molecule has 7 nitrogen and oxygen atoms in total. The molecule has 160 valence electrons. The lowest BCUT2D eigenvalue weighted by atomic mass is 10.0. The summed E-state index contributed by atoms with van der Waals surface area (Å²) < 4.78 is 33.4. The van der Waals surface area contributed by atoms with Gasteiger partial charge >= 0.3 is 0 Å². The van der Waals surface area contributed by atoms with Crippen LogP contribution in [0.15, 0.2) is 28.1 Å². The first-order chi connectivity index (χ1) is 13.2. The largest absolute Gasteiger partial charge is 0.378 e. The van der Waals surface area contributed by atoms with E-state index in [1.54, 1.807) is 20.0 Å². The zero-order valence-corrected chi connectivity index (χ0v) is 18.8. The van der Waals surface area contributed by atoms with E-state index in [-0.39, 0.29) is 12.6 Å². The molecule has 1 aromatic carbocycles. The van der Waals surface area contributed by atoms with Crippen LogP contribution in [0, 0.1) is 19.8 Å². The number of rotatable bonds is 11. The van der Waals surface area contributed by atoms with Gasteiger partial charge in [0.2, 0.25) is 10.0 Å². The summed E-state index contributed by atoms with van der Waals surface area (Å²) in [5, 5.41) is 6.37. The average molecular weight is 413 g/mol. The second-order valence-corrected chi connectivity index (χ2v) is 8.85. The Hall–Kier alpha value is -1.64. The molecule has 0 bridgehead atoms. The van der Waals surface area contributed by atoms with Crippen molar-refractivity contribution in [1.29, 1.82) is 0 Å². The third-order valence-corrected chi connectivity index (χ3v) is 6.01. The maximum absolute atomic E-state index is 12.5. The topological polar surface area (TPSA) is 91.8 Å². The number of benzene rings is 1. The summed E-state index contributed by atoms with van der Waals surface area (Å²) in [6.07, 6.45) is 1.09. The molecule has 0 aliphatic heterocycles. The van der Waals surface area contributed by atoms with E-state index in [1.807, 2.05) is 26.0 Å². The number of aliphatic imine (C=N–C) groups is 1. The summed E-state index contributed by atoms with van der Waals surface area (Å²) in [6, 6.07) is 5.41. The number of ether oxygens (including phenoxy) is 1. The van der Waals surface area contributed by atoms with Crippen LogP contribution in [0.25, 0.3) is 0 Å². The molecular formula is C20H36N4O3S. The molecule has 0 aliphatic rings. The molecule has 3 N–H and O–H groups in total. The van der Waals surface area contributed by atoms with Crippen LogP contribution in [0.3, 0.4) is 0 Å². The summed E-state index contributed by atoms with van der Waals surface area (Å²) in [7, 11) is -1.84. The van der Waals surface area contributed by atoms with Crippen LogP contribution < -0.4 is 15.4 Å². The highest BCUT2D eigenvalue weighted by Crippen LogP contribution is 2.16. The van der Waals surface area contributed by atoms with Gasteiger partial charge in [0.1, 0.15) is 0 Å². The molecule has 0 saturated heterocycles. The SMILES string of the molecule is CCOC(CCNC(=NC)NCCNS(=O)(=O)c1cc(C)ccc1C)C(C)C. The first-order valence-electron chi connectivity index (χ1n) is 9.84. The molecule has 1 rings (SSSR count). The van der Waals surface area contributed by atoms with Crippen molar-refractivity contribution in [2.24, 2.45) is 10.9 Å². The molecule has 1 aromatic rings. The van der Waals surface area contributed by atoms with Crippen LogP contribution in [-0.4, -0.2) is 53.8 Å². The van der Waals surface area contributed by atoms with Crippen LogP contribution in [0.2, 0.25) is 0 Å². The van der Waals surface area contributed by atoms with Gasteiger partial charge < -0.3 is 15.4 Å². The lowest BCUT2D eigenvalue weighted by Crippen LogP contribution is -2.42. The molecule has 0 saturated carbocycles. The van der Waals surface area contributed by atoms with E-state index in [2.05, 4.69) is 34.2 Å². The standard InChI is InChI=1S/C20H36N4O3S/c1-7-27-18(15(2)3)10-11-22-20(21-6)23-12-13-24-28(25,26)19-14-16(4)8-9-17(19)5/h8-9,14-15,18,24H,7,10-13H2,1-6H3,(H2,21,22,23). The third kappa shape index (κ3) is 8.16. The normalized spacial score (nSPS) is 13.6. The molecule has 1 unspecified atom stereocenters. The van der Waals surface area contributed by atoms with Crippen molar-refractivity contribution in [2.75, 3.05) is 33.3 Å². The fourth-order valence-corrected chi connectivity index (χ4v) is 4.18. The highest BCUT2D eigenvalue weighted by Gasteiger charge is 2.16. The van der Waals surface area contributed by atoms with E-state index >= 15 is 0 Å². The van der Waals surface area contributed by atoms with E-state index in [1.165, 1.54) is 0 Å². The van der Waals surface area contributed by atoms with Crippen LogP contribution in [-0.2, 0) is 14.8 Å². The number of nitrogens with zero attached hydrogens (tertiary/aromatic N) is 1. The summed E-state index contributed by atoms with van der Waals surface area (Å²) >= 11 is 0. The highest BCUT2D eigenvalue weighted by molar-refractivity contribution is 7.89. The Kier molecular flexibility index (Phi) is 10.5. The maximum Gasteiger partial charge on any atom is 0.240 e. The van der Waals surface area contributed by atoms with Gasteiger partial charge in [-0.25, -0.2) is 13.1 Å². The van der Waals surface area contributed by atoms with Gasteiger partial charge in [-0.15, -0.1) is 0 Å². The number of aryl methyl sites for hydroxylation is 2. The first kappa shape index (κ1) is 24.4. The average Bonchev–Trinajstić information content (AvgIpc) is 2.64. The maximum atomic E-state index is 12.5. The summed E-state index contributed by atoms with van der Waals surface area (Å²) in [5.74, 6) is 1.10. The molecule has 0 aliphatic carbocycles. The van der Waals surface area contributed by atoms with E-state index in [0.29, 0.717) is 29.9 Å². The molecule has 0 heterocycles. The summed E-state index contributed by atoms with van der Waals surface area (Å²) in [4.78, 5) is 4.49. The van der Waals surface area contributed by atoms with Gasteiger partial charge in [-0.2, -0.15) is 0 Å². The minimum atomic E-state index is -3.53. The lowest BCUT2D eigenvalue weighted by Gasteiger charge is -2.21. The minimum Gasteiger partial charge on any atom is -0.378 e. The zero-order valence-electron chi connectivity index (χ0n) is 18.0. The van der Waals surface area contributed by atoms with E-state index < -0.39 is 10.0 Å². The quantitative estimate of drug-likeness (QED) is 0.294. The fraction of sp³-hybridized carbons (Fsp3) is 0.650. The van der Waals surface area contributed by atoms with Crippen LogP contribution in [0.1, 0.15) is 38.3 Å². The number of hydrogen-bond acceptors (Lipinski definition) is 4. The van der Waals surface area contributed by atoms with E-state index in [0.717, 1.165) is 24.1 Å². The van der Waals surface area contributed by atoms with Crippen molar-refractivity contribution in [2.45, 2.75) is 52.0 Å². The molecule has 8 heteroatoms. The van der Waals surface area contributed by atoms with Crippen molar-refractivity contribution in [3.63, 3.8) is 0 Å². The van der Waals surface area contributed by atoms with Gasteiger partial charge in [0, 0.05) is 33.3 Å². The third-order valence-electron chi connectivity index (χ3n) is 4.41.